The van der Waals surface area contributed by atoms with Crippen LogP contribution in [0, 0.1) is 5.92 Å². The average molecular weight is 528 g/mol. The van der Waals surface area contributed by atoms with E-state index >= 15 is 0 Å². The highest BCUT2D eigenvalue weighted by atomic mass is 16.5. The monoisotopic (exact) mass is 527 g/mol. The van der Waals surface area contributed by atoms with Crippen molar-refractivity contribution in [3.8, 4) is 5.88 Å². The number of amides is 2. The number of likely N-dealkylation sites (tertiary alicyclic amines) is 1. The molecule has 5 rings (SSSR count). The Morgan fingerprint density at radius 1 is 1.16 bits per heavy atom. The van der Waals surface area contributed by atoms with E-state index in [1.807, 2.05) is 13.8 Å². The molecule has 0 spiro atoms. The highest BCUT2D eigenvalue weighted by molar-refractivity contribution is 5.97. The molecule has 1 saturated carbocycles. The number of hydrogen-bond donors (Lipinski definition) is 2. The largest absolute Gasteiger partial charge is 0.494 e. The van der Waals surface area contributed by atoms with Crippen LogP contribution in [0.5, 0.6) is 5.88 Å². The van der Waals surface area contributed by atoms with E-state index in [9.17, 15) is 19.5 Å². The van der Waals surface area contributed by atoms with Gasteiger partial charge in [-0.3, -0.25) is 19.0 Å². The molecular formula is C27H37N5O6. The van der Waals surface area contributed by atoms with Gasteiger partial charge in [-0.2, -0.15) is 9.61 Å². The van der Waals surface area contributed by atoms with Crippen LogP contribution in [0.15, 0.2) is 17.1 Å². The first kappa shape index (κ1) is 26.4. The van der Waals surface area contributed by atoms with Crippen LogP contribution in [0.2, 0.25) is 0 Å². The summed E-state index contributed by atoms with van der Waals surface area (Å²) in [6.07, 6.45) is 10.1. The number of aromatic hydroxyl groups is 1. The van der Waals surface area contributed by atoms with Gasteiger partial charge in [0.1, 0.15) is 5.65 Å². The molecule has 0 atom stereocenters. The molecule has 2 saturated heterocycles. The predicted molar refractivity (Wildman–Crippen MR) is 140 cm³/mol. The number of fused-ring (bicyclic) bond motifs is 1. The van der Waals surface area contributed by atoms with Crippen molar-refractivity contribution in [1.29, 1.82) is 0 Å². The number of nitrogens with one attached hydrogen (secondary N) is 1. The summed E-state index contributed by atoms with van der Waals surface area (Å²) in [4.78, 5) is 40.7. The van der Waals surface area contributed by atoms with E-state index in [0.717, 1.165) is 56.3 Å². The van der Waals surface area contributed by atoms with Gasteiger partial charge in [-0.15, -0.1) is 0 Å². The maximum atomic E-state index is 13.2. The summed E-state index contributed by atoms with van der Waals surface area (Å²) < 4.78 is 14.3. The van der Waals surface area contributed by atoms with Crippen LogP contribution in [0.1, 0.15) is 68.3 Å². The lowest BCUT2D eigenvalue weighted by Gasteiger charge is -2.34. The molecule has 4 heterocycles. The molecule has 0 aromatic carbocycles. The van der Waals surface area contributed by atoms with Gasteiger partial charge in [0.25, 0.3) is 11.5 Å². The van der Waals surface area contributed by atoms with Gasteiger partial charge in [-0.1, -0.05) is 13.8 Å². The molecule has 2 aromatic heterocycles. The van der Waals surface area contributed by atoms with Crippen LogP contribution in [-0.4, -0.2) is 80.6 Å². The lowest BCUT2D eigenvalue weighted by molar-refractivity contribution is -0.130. The van der Waals surface area contributed by atoms with Gasteiger partial charge in [0.05, 0.1) is 18.4 Å². The minimum Gasteiger partial charge on any atom is -0.494 e. The molecule has 2 amide bonds. The maximum Gasteiger partial charge on any atom is 0.291 e. The van der Waals surface area contributed by atoms with Crippen LogP contribution in [0.25, 0.3) is 11.7 Å². The fourth-order valence-corrected chi connectivity index (χ4v) is 5.11. The molecule has 3 aliphatic rings. The van der Waals surface area contributed by atoms with Crippen LogP contribution >= 0.6 is 0 Å². The number of nitrogens with zero attached hydrogens (tertiary/aromatic N) is 4. The van der Waals surface area contributed by atoms with Gasteiger partial charge in [-0.25, -0.2) is 0 Å². The topological polar surface area (TPSA) is 127 Å². The third-order valence-electron chi connectivity index (χ3n) is 7.31. The van der Waals surface area contributed by atoms with Crippen molar-refractivity contribution in [3.63, 3.8) is 0 Å². The molecular weight excluding hydrogens is 490 g/mol. The van der Waals surface area contributed by atoms with E-state index in [4.69, 9.17) is 9.47 Å². The second kappa shape index (κ2) is 11.3. The molecule has 0 unspecified atom stereocenters. The third-order valence-corrected chi connectivity index (χ3v) is 7.31. The maximum absolute atomic E-state index is 13.2. The molecule has 2 aromatic rings. The lowest BCUT2D eigenvalue weighted by atomic mass is 10.1. The van der Waals surface area contributed by atoms with Crippen molar-refractivity contribution in [1.82, 2.24) is 24.4 Å². The lowest BCUT2D eigenvalue weighted by Crippen LogP contribution is -2.41. The molecule has 0 radical (unpaired) electrons. The molecule has 206 valence electrons. The standard InChI is InChI=1S/C27H37N5O6/c1-17(2)16-31-25-18(15-28-32(25)27(36)23(26(31)35)24(34)29-19-4-5-19)3-6-22(33)30-11-7-20(8-12-30)38-21-9-13-37-14-10-21/h3,6,15,17,19-21,35H,4-5,7-14,16H2,1-2H3,(H,29,34)/b6-3+. The summed E-state index contributed by atoms with van der Waals surface area (Å²) in [6.45, 7) is 7.03. The zero-order valence-corrected chi connectivity index (χ0v) is 22.1. The fourth-order valence-electron chi connectivity index (χ4n) is 5.11. The zero-order chi connectivity index (χ0) is 26.8. The number of piperidine rings is 1. The molecule has 3 fully saturated rings. The smallest absolute Gasteiger partial charge is 0.291 e. The predicted octanol–water partition coefficient (Wildman–Crippen LogP) is 1.95. The van der Waals surface area contributed by atoms with Crippen molar-refractivity contribution in [3.05, 3.63) is 33.8 Å². The van der Waals surface area contributed by atoms with Crippen molar-refractivity contribution in [2.75, 3.05) is 26.3 Å². The highest BCUT2D eigenvalue weighted by Crippen LogP contribution is 2.25. The minimum atomic E-state index is -0.687. The van der Waals surface area contributed by atoms with Gasteiger partial charge in [0, 0.05) is 50.5 Å². The van der Waals surface area contributed by atoms with Crippen LogP contribution in [0.3, 0.4) is 0 Å². The van der Waals surface area contributed by atoms with E-state index in [1.165, 1.54) is 16.8 Å². The van der Waals surface area contributed by atoms with Crippen LogP contribution < -0.4 is 10.9 Å². The van der Waals surface area contributed by atoms with E-state index < -0.39 is 11.5 Å². The number of carbonyl (C=O) groups excluding carboxylic acids is 2. The number of ether oxygens (including phenoxy) is 2. The Morgan fingerprint density at radius 2 is 1.84 bits per heavy atom. The van der Waals surface area contributed by atoms with E-state index in [2.05, 4.69) is 10.4 Å². The Kier molecular flexibility index (Phi) is 7.85. The van der Waals surface area contributed by atoms with E-state index in [0.29, 0.717) is 30.8 Å². The Balaban J connectivity index is 1.32. The first-order valence-electron chi connectivity index (χ1n) is 13.7. The molecule has 2 aliphatic heterocycles. The molecule has 1 aliphatic carbocycles. The van der Waals surface area contributed by atoms with Gasteiger partial charge >= 0.3 is 0 Å². The Bertz CT molecular complexity index is 1260. The summed E-state index contributed by atoms with van der Waals surface area (Å²) in [7, 11) is 0. The second-order valence-electron chi connectivity index (χ2n) is 10.9. The van der Waals surface area contributed by atoms with Gasteiger partial charge in [0.2, 0.25) is 11.8 Å². The van der Waals surface area contributed by atoms with Gasteiger partial charge in [-0.05, 0) is 50.5 Å². The van der Waals surface area contributed by atoms with E-state index in [-0.39, 0.29) is 41.5 Å². The molecule has 11 nitrogen and oxygen atoms in total. The first-order chi connectivity index (χ1) is 18.3. The van der Waals surface area contributed by atoms with E-state index in [1.54, 1.807) is 11.0 Å². The average Bonchev–Trinajstić information content (AvgIpc) is 3.61. The summed E-state index contributed by atoms with van der Waals surface area (Å²) in [5.41, 5.74) is -0.145. The normalized spacial score (nSPS) is 19.6. The molecule has 11 heteroatoms. The number of carbonyl (C=O) groups is 2. The second-order valence-corrected chi connectivity index (χ2v) is 10.9. The third kappa shape index (κ3) is 5.78. The highest BCUT2D eigenvalue weighted by Gasteiger charge is 2.30. The summed E-state index contributed by atoms with van der Waals surface area (Å²) in [6, 6.07) is 0.0381. The quantitative estimate of drug-likeness (QED) is 0.503. The van der Waals surface area contributed by atoms with Crippen LogP contribution in [-0.2, 0) is 20.8 Å². The summed E-state index contributed by atoms with van der Waals surface area (Å²) in [5.74, 6) is -0.996. The van der Waals surface area contributed by atoms with Crippen molar-refractivity contribution >= 4 is 23.5 Å². The summed E-state index contributed by atoms with van der Waals surface area (Å²) in [5, 5.41) is 18.0. The molecule has 0 bridgehead atoms. The van der Waals surface area contributed by atoms with Gasteiger partial charge in [0.15, 0.2) is 5.56 Å². The van der Waals surface area contributed by atoms with Crippen molar-refractivity contribution in [2.24, 2.45) is 5.92 Å². The van der Waals surface area contributed by atoms with Crippen molar-refractivity contribution in [2.45, 2.75) is 77.2 Å². The molecule has 2 N–H and O–H groups in total. The van der Waals surface area contributed by atoms with Crippen molar-refractivity contribution < 1.29 is 24.2 Å². The first-order valence-corrected chi connectivity index (χ1v) is 13.7. The number of rotatable bonds is 8. The van der Waals surface area contributed by atoms with Crippen LogP contribution in [0.4, 0.5) is 0 Å². The minimum absolute atomic E-state index is 0.0381. The Labute approximate surface area is 221 Å². The Hall–Kier alpha value is -3.18. The number of hydrogen-bond acceptors (Lipinski definition) is 7. The summed E-state index contributed by atoms with van der Waals surface area (Å²) >= 11 is 0. The Morgan fingerprint density at radius 3 is 2.50 bits per heavy atom. The zero-order valence-electron chi connectivity index (χ0n) is 22.1. The fraction of sp³-hybridized carbons (Fsp3) is 0.630. The molecule has 38 heavy (non-hydrogen) atoms. The number of aromatic nitrogens is 3. The SMILES string of the molecule is CC(C)Cn1c(O)c(C(=O)NC2CC2)c(=O)n2ncc(/C=C/C(=O)N3CCC(OC4CCOCC4)CC3)c12. The van der Waals surface area contributed by atoms with Gasteiger partial charge < -0.3 is 24.8 Å².